The maximum Gasteiger partial charge on any atom is 0.134 e. The van der Waals surface area contributed by atoms with Crippen LogP contribution in [0.2, 0.25) is 0 Å². The second kappa shape index (κ2) is 5.20. The molecule has 0 amide bonds. The normalized spacial score (nSPS) is 12.7. The molecule has 4 heteroatoms. The van der Waals surface area contributed by atoms with E-state index in [0.717, 1.165) is 28.8 Å². The van der Waals surface area contributed by atoms with Crippen LogP contribution in [-0.4, -0.2) is 9.97 Å². The van der Waals surface area contributed by atoms with E-state index >= 15 is 0 Å². The molecule has 1 atom stereocenters. The Balaban J connectivity index is 1.71. The summed E-state index contributed by atoms with van der Waals surface area (Å²) in [6, 6.07) is 10.3. The van der Waals surface area contributed by atoms with E-state index in [1.807, 2.05) is 30.6 Å². The number of nitrogens with zero attached hydrogens (tertiary/aromatic N) is 2. The summed E-state index contributed by atoms with van der Waals surface area (Å²) in [4.78, 5) is 7.99. The van der Waals surface area contributed by atoms with Crippen LogP contribution in [0, 0.1) is 0 Å². The fourth-order valence-electron chi connectivity index (χ4n) is 2.01. The zero-order valence-electron chi connectivity index (χ0n) is 10.7. The number of rotatable bonds is 4. The third kappa shape index (κ3) is 2.63. The smallest absolute Gasteiger partial charge is 0.134 e. The van der Waals surface area contributed by atoms with Crippen LogP contribution in [-0.2, 0) is 6.54 Å². The van der Waals surface area contributed by atoms with Crippen LogP contribution < -0.4 is 5.32 Å². The number of benzene rings is 1. The molecule has 4 nitrogen and oxygen atoms in total. The Morgan fingerprint density at radius 1 is 1.21 bits per heavy atom. The van der Waals surface area contributed by atoms with Gasteiger partial charge in [0.15, 0.2) is 0 Å². The van der Waals surface area contributed by atoms with Gasteiger partial charge in [0.2, 0.25) is 0 Å². The molecule has 0 aliphatic rings. The zero-order chi connectivity index (χ0) is 13.1. The SMILES string of the molecule is C[C@H](NCc1cncnc1)c1cc2ccccc2o1. The monoisotopic (exact) mass is 253 g/mol. The third-order valence-electron chi connectivity index (χ3n) is 3.10. The Morgan fingerprint density at radius 3 is 2.79 bits per heavy atom. The van der Waals surface area contributed by atoms with Crippen molar-refractivity contribution in [2.45, 2.75) is 19.5 Å². The largest absolute Gasteiger partial charge is 0.459 e. The predicted octanol–water partition coefficient (Wildman–Crippen LogP) is 3.07. The Kier molecular flexibility index (Phi) is 3.25. The summed E-state index contributed by atoms with van der Waals surface area (Å²) in [6.07, 6.45) is 5.16. The molecule has 0 unspecified atom stereocenters. The Bertz CT molecular complexity index is 630. The number of hydrogen-bond donors (Lipinski definition) is 1. The van der Waals surface area contributed by atoms with E-state index in [4.69, 9.17) is 4.42 Å². The van der Waals surface area contributed by atoms with Crippen molar-refractivity contribution >= 4 is 11.0 Å². The second-order valence-corrected chi connectivity index (χ2v) is 4.54. The molecule has 1 aromatic carbocycles. The Morgan fingerprint density at radius 2 is 2.00 bits per heavy atom. The molecule has 0 saturated carbocycles. The molecule has 0 bridgehead atoms. The molecule has 3 aromatic rings. The number of para-hydroxylation sites is 1. The van der Waals surface area contributed by atoms with Gasteiger partial charge in [0, 0.05) is 29.9 Å². The minimum absolute atomic E-state index is 0.146. The predicted molar refractivity (Wildman–Crippen MR) is 73.5 cm³/mol. The molecule has 19 heavy (non-hydrogen) atoms. The quantitative estimate of drug-likeness (QED) is 0.776. The van der Waals surface area contributed by atoms with Gasteiger partial charge in [0.1, 0.15) is 17.7 Å². The summed E-state index contributed by atoms with van der Waals surface area (Å²) in [5, 5.41) is 4.54. The van der Waals surface area contributed by atoms with Gasteiger partial charge >= 0.3 is 0 Å². The van der Waals surface area contributed by atoms with Gasteiger partial charge in [-0.25, -0.2) is 9.97 Å². The van der Waals surface area contributed by atoms with Crippen molar-refractivity contribution in [3.8, 4) is 0 Å². The molecule has 0 saturated heterocycles. The fraction of sp³-hybridized carbons (Fsp3) is 0.200. The lowest BCUT2D eigenvalue weighted by Crippen LogP contribution is -2.17. The highest BCUT2D eigenvalue weighted by molar-refractivity contribution is 5.77. The van der Waals surface area contributed by atoms with Crippen LogP contribution in [0.25, 0.3) is 11.0 Å². The van der Waals surface area contributed by atoms with Crippen LogP contribution >= 0.6 is 0 Å². The van der Waals surface area contributed by atoms with E-state index in [-0.39, 0.29) is 6.04 Å². The molecule has 0 spiro atoms. The number of aromatic nitrogens is 2. The zero-order valence-corrected chi connectivity index (χ0v) is 10.7. The molecule has 3 rings (SSSR count). The van der Waals surface area contributed by atoms with Crippen LogP contribution in [0.5, 0.6) is 0 Å². The number of nitrogens with one attached hydrogen (secondary N) is 1. The van der Waals surface area contributed by atoms with E-state index in [1.165, 1.54) is 6.33 Å². The van der Waals surface area contributed by atoms with Gasteiger partial charge < -0.3 is 9.73 Å². The number of fused-ring (bicyclic) bond motifs is 1. The number of furan rings is 1. The molecule has 2 aromatic heterocycles. The maximum atomic E-state index is 5.82. The average molecular weight is 253 g/mol. The van der Waals surface area contributed by atoms with Crippen molar-refractivity contribution in [1.29, 1.82) is 0 Å². The summed E-state index contributed by atoms with van der Waals surface area (Å²) >= 11 is 0. The van der Waals surface area contributed by atoms with E-state index in [2.05, 4.69) is 34.3 Å². The summed E-state index contributed by atoms with van der Waals surface area (Å²) in [6.45, 7) is 2.81. The van der Waals surface area contributed by atoms with Crippen LogP contribution in [0.4, 0.5) is 0 Å². The van der Waals surface area contributed by atoms with Gasteiger partial charge in [-0.2, -0.15) is 0 Å². The van der Waals surface area contributed by atoms with Crippen molar-refractivity contribution in [1.82, 2.24) is 15.3 Å². The minimum Gasteiger partial charge on any atom is -0.459 e. The molecule has 2 heterocycles. The van der Waals surface area contributed by atoms with Gasteiger partial charge in [0.05, 0.1) is 6.04 Å². The topological polar surface area (TPSA) is 51.0 Å². The van der Waals surface area contributed by atoms with Crippen molar-refractivity contribution in [2.24, 2.45) is 0 Å². The Hall–Kier alpha value is -2.20. The maximum absolute atomic E-state index is 5.82. The molecule has 0 aliphatic carbocycles. The molecular weight excluding hydrogens is 238 g/mol. The van der Waals surface area contributed by atoms with Crippen molar-refractivity contribution in [2.75, 3.05) is 0 Å². The van der Waals surface area contributed by atoms with E-state index in [9.17, 15) is 0 Å². The molecular formula is C15H15N3O. The first-order valence-corrected chi connectivity index (χ1v) is 6.28. The third-order valence-corrected chi connectivity index (χ3v) is 3.10. The molecule has 0 aliphatic heterocycles. The van der Waals surface area contributed by atoms with Crippen molar-refractivity contribution in [3.63, 3.8) is 0 Å². The highest BCUT2D eigenvalue weighted by atomic mass is 16.3. The highest BCUT2D eigenvalue weighted by Gasteiger charge is 2.10. The second-order valence-electron chi connectivity index (χ2n) is 4.54. The van der Waals surface area contributed by atoms with Gasteiger partial charge in [-0.05, 0) is 19.1 Å². The average Bonchev–Trinajstić information content (AvgIpc) is 2.90. The molecule has 96 valence electrons. The lowest BCUT2D eigenvalue weighted by Gasteiger charge is -2.10. The summed E-state index contributed by atoms with van der Waals surface area (Å²) in [5.41, 5.74) is 1.99. The lowest BCUT2D eigenvalue weighted by molar-refractivity contribution is 0.450. The standard InChI is InChI=1S/C15H15N3O/c1-11(18-9-12-7-16-10-17-8-12)15-6-13-4-2-3-5-14(13)19-15/h2-8,10-11,18H,9H2,1H3/t11-/m0/s1. The number of hydrogen-bond acceptors (Lipinski definition) is 4. The van der Waals surface area contributed by atoms with Gasteiger partial charge in [-0.3, -0.25) is 0 Å². The summed E-state index contributed by atoms with van der Waals surface area (Å²) in [5.74, 6) is 0.943. The highest BCUT2D eigenvalue weighted by Crippen LogP contribution is 2.23. The lowest BCUT2D eigenvalue weighted by atomic mass is 10.2. The van der Waals surface area contributed by atoms with E-state index < -0.39 is 0 Å². The first kappa shape index (κ1) is 11.9. The van der Waals surface area contributed by atoms with E-state index in [0.29, 0.717) is 0 Å². The van der Waals surface area contributed by atoms with Crippen LogP contribution in [0.3, 0.4) is 0 Å². The first-order valence-electron chi connectivity index (χ1n) is 6.28. The summed E-state index contributed by atoms with van der Waals surface area (Å²) < 4.78 is 5.82. The van der Waals surface area contributed by atoms with Crippen molar-refractivity contribution in [3.05, 3.63) is 60.4 Å². The first-order chi connectivity index (χ1) is 9.33. The molecule has 1 N–H and O–H groups in total. The minimum atomic E-state index is 0.146. The summed E-state index contributed by atoms with van der Waals surface area (Å²) in [7, 11) is 0. The van der Waals surface area contributed by atoms with Crippen molar-refractivity contribution < 1.29 is 4.42 Å². The van der Waals surface area contributed by atoms with Crippen LogP contribution in [0.15, 0.2) is 53.5 Å². The molecule has 0 fully saturated rings. The van der Waals surface area contributed by atoms with Gasteiger partial charge in [0.25, 0.3) is 0 Å². The van der Waals surface area contributed by atoms with Gasteiger partial charge in [-0.1, -0.05) is 18.2 Å². The van der Waals surface area contributed by atoms with E-state index in [1.54, 1.807) is 0 Å². The molecule has 0 radical (unpaired) electrons. The van der Waals surface area contributed by atoms with Crippen LogP contribution in [0.1, 0.15) is 24.3 Å². The Labute approximate surface area is 111 Å². The fourth-order valence-corrected chi connectivity index (χ4v) is 2.01. The van der Waals surface area contributed by atoms with Gasteiger partial charge in [-0.15, -0.1) is 0 Å².